The van der Waals surface area contributed by atoms with Gasteiger partial charge in [0.2, 0.25) is 0 Å². The van der Waals surface area contributed by atoms with Crippen molar-refractivity contribution in [1.82, 2.24) is 20.4 Å². The number of halogens is 1. The molecule has 1 atom stereocenters. The van der Waals surface area contributed by atoms with Crippen molar-refractivity contribution >= 4 is 5.91 Å². The molecule has 2 aromatic carbocycles. The SMILES string of the molecule is COc1ccccc1CNC(=O)c1cc([C@@H]2CCN(Cc3ccc(F)cc3)C2)[nH]n1. The van der Waals surface area contributed by atoms with E-state index in [1.54, 1.807) is 7.11 Å². The summed E-state index contributed by atoms with van der Waals surface area (Å²) >= 11 is 0. The summed E-state index contributed by atoms with van der Waals surface area (Å²) in [5.41, 5.74) is 3.37. The van der Waals surface area contributed by atoms with Gasteiger partial charge in [-0.1, -0.05) is 30.3 Å². The number of carbonyl (C=O) groups is 1. The van der Waals surface area contributed by atoms with Gasteiger partial charge in [-0.2, -0.15) is 5.10 Å². The average molecular weight is 408 g/mol. The highest BCUT2D eigenvalue weighted by molar-refractivity contribution is 5.92. The van der Waals surface area contributed by atoms with E-state index in [2.05, 4.69) is 20.4 Å². The van der Waals surface area contributed by atoms with Gasteiger partial charge in [-0.3, -0.25) is 14.8 Å². The molecule has 2 heterocycles. The van der Waals surface area contributed by atoms with Crippen LogP contribution in [0.15, 0.2) is 54.6 Å². The molecular formula is C23H25FN4O2. The van der Waals surface area contributed by atoms with Crippen molar-refractivity contribution in [3.05, 3.63) is 82.9 Å². The first-order valence-corrected chi connectivity index (χ1v) is 10.0. The van der Waals surface area contributed by atoms with Crippen molar-refractivity contribution in [2.24, 2.45) is 0 Å². The number of nitrogens with one attached hydrogen (secondary N) is 2. The van der Waals surface area contributed by atoms with E-state index in [1.807, 2.05) is 42.5 Å². The molecule has 1 fully saturated rings. The highest BCUT2D eigenvalue weighted by Crippen LogP contribution is 2.27. The summed E-state index contributed by atoms with van der Waals surface area (Å²) in [6.07, 6.45) is 0.992. The van der Waals surface area contributed by atoms with Crippen LogP contribution in [-0.4, -0.2) is 41.2 Å². The fourth-order valence-electron chi connectivity index (χ4n) is 3.86. The molecule has 0 radical (unpaired) electrons. The number of methoxy groups -OCH3 is 1. The fraction of sp³-hybridized carbons (Fsp3) is 0.304. The molecule has 6 nitrogen and oxygen atoms in total. The number of likely N-dealkylation sites (tertiary alicyclic amines) is 1. The standard InChI is InChI=1S/C23H25FN4O2/c1-30-22-5-3-2-4-17(22)13-25-23(29)21-12-20(26-27-21)18-10-11-28(15-18)14-16-6-8-19(24)9-7-16/h2-9,12,18H,10-11,13-15H2,1H3,(H,25,29)(H,26,27)/t18-/m1/s1. The number of aromatic amines is 1. The molecule has 0 aliphatic carbocycles. The second-order valence-corrected chi connectivity index (χ2v) is 7.55. The number of hydrogen-bond donors (Lipinski definition) is 2. The average Bonchev–Trinajstić information content (AvgIpc) is 3.43. The summed E-state index contributed by atoms with van der Waals surface area (Å²) in [5.74, 6) is 0.609. The summed E-state index contributed by atoms with van der Waals surface area (Å²) in [6, 6.07) is 16.1. The smallest absolute Gasteiger partial charge is 0.272 e. The van der Waals surface area contributed by atoms with Crippen LogP contribution in [0.5, 0.6) is 5.75 Å². The summed E-state index contributed by atoms with van der Waals surface area (Å²) in [7, 11) is 1.61. The maximum Gasteiger partial charge on any atom is 0.272 e. The van der Waals surface area contributed by atoms with Crippen LogP contribution in [-0.2, 0) is 13.1 Å². The number of rotatable bonds is 7. The molecule has 7 heteroatoms. The lowest BCUT2D eigenvalue weighted by molar-refractivity contribution is 0.0945. The number of amides is 1. The van der Waals surface area contributed by atoms with E-state index in [4.69, 9.17) is 4.74 Å². The first kappa shape index (κ1) is 20.1. The fourth-order valence-corrected chi connectivity index (χ4v) is 3.86. The van der Waals surface area contributed by atoms with Gasteiger partial charge < -0.3 is 10.1 Å². The monoisotopic (exact) mass is 408 g/mol. The number of ether oxygens (including phenoxy) is 1. The molecule has 2 N–H and O–H groups in total. The van der Waals surface area contributed by atoms with Crippen LogP contribution in [0.3, 0.4) is 0 Å². The summed E-state index contributed by atoms with van der Waals surface area (Å²) in [4.78, 5) is 14.8. The molecule has 0 unspecified atom stereocenters. The maximum absolute atomic E-state index is 13.1. The van der Waals surface area contributed by atoms with E-state index < -0.39 is 0 Å². The third-order valence-electron chi connectivity index (χ3n) is 5.49. The molecule has 1 aliphatic heterocycles. The van der Waals surface area contributed by atoms with Crippen molar-refractivity contribution in [3.8, 4) is 5.75 Å². The van der Waals surface area contributed by atoms with Gasteiger partial charge in [-0.05, 0) is 42.8 Å². The van der Waals surface area contributed by atoms with Crippen molar-refractivity contribution in [3.63, 3.8) is 0 Å². The van der Waals surface area contributed by atoms with Crippen molar-refractivity contribution in [1.29, 1.82) is 0 Å². The Labute approximate surface area is 175 Å². The van der Waals surface area contributed by atoms with Gasteiger partial charge in [0, 0.05) is 36.8 Å². The number of H-pyrrole nitrogens is 1. The molecule has 1 saturated heterocycles. The van der Waals surface area contributed by atoms with Crippen LogP contribution >= 0.6 is 0 Å². The molecule has 1 aromatic heterocycles. The van der Waals surface area contributed by atoms with Gasteiger partial charge in [-0.25, -0.2) is 4.39 Å². The first-order chi connectivity index (χ1) is 14.6. The van der Waals surface area contributed by atoms with E-state index in [0.717, 1.165) is 48.6 Å². The Hall–Kier alpha value is -3.19. The van der Waals surface area contributed by atoms with E-state index in [-0.39, 0.29) is 11.7 Å². The van der Waals surface area contributed by atoms with Crippen LogP contribution in [0, 0.1) is 5.82 Å². The molecule has 1 aliphatic rings. The van der Waals surface area contributed by atoms with E-state index in [0.29, 0.717) is 18.2 Å². The van der Waals surface area contributed by atoms with Crippen molar-refractivity contribution in [2.45, 2.75) is 25.4 Å². The van der Waals surface area contributed by atoms with Crippen LogP contribution in [0.25, 0.3) is 0 Å². The zero-order chi connectivity index (χ0) is 20.9. The molecule has 0 bridgehead atoms. The molecule has 30 heavy (non-hydrogen) atoms. The quantitative estimate of drug-likeness (QED) is 0.628. The highest BCUT2D eigenvalue weighted by Gasteiger charge is 2.26. The Morgan fingerprint density at radius 2 is 2.07 bits per heavy atom. The van der Waals surface area contributed by atoms with Gasteiger partial charge in [0.15, 0.2) is 0 Å². The lowest BCUT2D eigenvalue weighted by Gasteiger charge is -2.15. The number of hydrogen-bond acceptors (Lipinski definition) is 4. The number of carbonyl (C=O) groups excluding carboxylic acids is 1. The van der Waals surface area contributed by atoms with Gasteiger partial charge >= 0.3 is 0 Å². The molecule has 3 aromatic rings. The highest BCUT2D eigenvalue weighted by atomic mass is 19.1. The third kappa shape index (κ3) is 4.68. The second-order valence-electron chi connectivity index (χ2n) is 7.55. The molecule has 0 spiro atoms. The Kier molecular flexibility index (Phi) is 6.09. The predicted octanol–water partition coefficient (Wildman–Crippen LogP) is 3.48. The van der Waals surface area contributed by atoms with Gasteiger partial charge in [-0.15, -0.1) is 0 Å². The summed E-state index contributed by atoms with van der Waals surface area (Å²) in [5, 5.41) is 10.1. The van der Waals surface area contributed by atoms with Crippen LogP contribution in [0.4, 0.5) is 4.39 Å². The number of aromatic nitrogens is 2. The summed E-state index contributed by atoms with van der Waals surface area (Å²) < 4.78 is 18.4. The minimum Gasteiger partial charge on any atom is -0.496 e. The van der Waals surface area contributed by atoms with Crippen molar-refractivity contribution in [2.75, 3.05) is 20.2 Å². The van der Waals surface area contributed by atoms with Crippen LogP contribution < -0.4 is 10.1 Å². The minimum atomic E-state index is -0.218. The molecule has 1 amide bonds. The number of nitrogens with zero attached hydrogens (tertiary/aromatic N) is 2. The Balaban J connectivity index is 1.32. The topological polar surface area (TPSA) is 70.2 Å². The van der Waals surface area contributed by atoms with Crippen LogP contribution in [0.2, 0.25) is 0 Å². The lowest BCUT2D eigenvalue weighted by Crippen LogP contribution is -2.23. The Bertz CT molecular complexity index is 1000. The molecular weight excluding hydrogens is 383 g/mol. The van der Waals surface area contributed by atoms with E-state index >= 15 is 0 Å². The normalized spacial score (nSPS) is 16.5. The van der Waals surface area contributed by atoms with Crippen molar-refractivity contribution < 1.29 is 13.9 Å². The summed E-state index contributed by atoms with van der Waals surface area (Å²) in [6.45, 7) is 3.00. The van der Waals surface area contributed by atoms with E-state index in [9.17, 15) is 9.18 Å². The Morgan fingerprint density at radius 1 is 1.27 bits per heavy atom. The maximum atomic E-state index is 13.1. The number of benzene rings is 2. The van der Waals surface area contributed by atoms with Crippen LogP contribution in [0.1, 0.15) is 39.6 Å². The lowest BCUT2D eigenvalue weighted by atomic mass is 10.0. The minimum absolute atomic E-state index is 0.216. The van der Waals surface area contributed by atoms with Gasteiger partial charge in [0.05, 0.1) is 7.11 Å². The zero-order valence-corrected chi connectivity index (χ0v) is 16.9. The van der Waals surface area contributed by atoms with E-state index in [1.165, 1.54) is 12.1 Å². The molecule has 156 valence electrons. The third-order valence-corrected chi connectivity index (χ3v) is 5.49. The van der Waals surface area contributed by atoms with Gasteiger partial charge in [0.25, 0.3) is 5.91 Å². The first-order valence-electron chi connectivity index (χ1n) is 10.0. The molecule has 0 saturated carbocycles. The molecule has 4 rings (SSSR count). The predicted molar refractivity (Wildman–Crippen MR) is 112 cm³/mol. The Morgan fingerprint density at radius 3 is 2.87 bits per heavy atom. The number of para-hydroxylation sites is 1. The zero-order valence-electron chi connectivity index (χ0n) is 16.9. The second kappa shape index (κ2) is 9.09. The van der Waals surface area contributed by atoms with Gasteiger partial charge in [0.1, 0.15) is 17.3 Å². The largest absolute Gasteiger partial charge is 0.496 e.